The molecule has 2 nitrogen and oxygen atoms in total. The third-order valence-electron chi connectivity index (χ3n) is 3.84. The minimum absolute atomic E-state index is 0.786. The second-order valence-corrected chi connectivity index (χ2v) is 4.85. The molecule has 1 N–H and O–H groups in total. The van der Waals surface area contributed by atoms with Crippen LogP contribution in [0.4, 0.5) is 0 Å². The fraction of sp³-hybridized carbons (Fsp3) is 1.00. The molecule has 15 heavy (non-hydrogen) atoms. The summed E-state index contributed by atoms with van der Waals surface area (Å²) in [6.07, 6.45) is 5.67. The zero-order valence-electron chi connectivity index (χ0n) is 10.8. The van der Waals surface area contributed by atoms with Gasteiger partial charge in [0.2, 0.25) is 0 Å². The molecule has 0 radical (unpaired) electrons. The lowest BCUT2D eigenvalue weighted by Crippen LogP contribution is -2.41. The molecular weight excluding hydrogens is 184 g/mol. The number of rotatable bonds is 6. The maximum absolute atomic E-state index is 3.73. The Morgan fingerprint density at radius 3 is 2.40 bits per heavy atom. The van der Waals surface area contributed by atoms with Crippen LogP contribution >= 0.6 is 0 Å². The number of nitrogens with zero attached hydrogens (tertiary/aromatic N) is 1. The van der Waals surface area contributed by atoms with Gasteiger partial charge >= 0.3 is 0 Å². The number of hydrogen-bond donors (Lipinski definition) is 1. The Hall–Kier alpha value is -0.0800. The molecule has 0 aromatic carbocycles. The first kappa shape index (κ1) is 13.0. The van der Waals surface area contributed by atoms with Gasteiger partial charge in [0.15, 0.2) is 0 Å². The van der Waals surface area contributed by atoms with E-state index in [1.165, 1.54) is 45.3 Å². The monoisotopic (exact) mass is 212 g/mol. The number of likely N-dealkylation sites (N-methyl/N-ethyl adjacent to an activating group) is 1. The summed E-state index contributed by atoms with van der Waals surface area (Å²) in [5.74, 6) is 0.885. The third kappa shape index (κ3) is 4.52. The molecule has 0 bridgehead atoms. The summed E-state index contributed by atoms with van der Waals surface area (Å²) in [5, 5.41) is 3.73. The predicted molar refractivity (Wildman–Crippen MR) is 67.2 cm³/mol. The van der Waals surface area contributed by atoms with Gasteiger partial charge in [-0.2, -0.15) is 0 Å². The van der Waals surface area contributed by atoms with E-state index in [0.717, 1.165) is 18.5 Å². The number of hydrogen-bond acceptors (Lipinski definition) is 2. The van der Waals surface area contributed by atoms with Crippen molar-refractivity contribution < 1.29 is 0 Å². The van der Waals surface area contributed by atoms with Crippen molar-refractivity contribution in [3.63, 3.8) is 0 Å². The van der Waals surface area contributed by atoms with E-state index in [0.29, 0.717) is 0 Å². The van der Waals surface area contributed by atoms with E-state index in [2.05, 4.69) is 31.0 Å². The minimum atomic E-state index is 0.786. The Labute approximate surface area is 95.4 Å². The topological polar surface area (TPSA) is 15.3 Å². The Morgan fingerprint density at radius 1 is 1.13 bits per heavy atom. The zero-order valence-corrected chi connectivity index (χ0v) is 10.8. The second-order valence-electron chi connectivity index (χ2n) is 4.85. The van der Waals surface area contributed by atoms with Crippen molar-refractivity contribution in [1.82, 2.24) is 10.2 Å². The van der Waals surface area contributed by atoms with Gasteiger partial charge in [-0.15, -0.1) is 0 Å². The summed E-state index contributed by atoms with van der Waals surface area (Å²) >= 11 is 0. The lowest BCUT2D eigenvalue weighted by molar-refractivity contribution is 0.252. The lowest BCUT2D eigenvalue weighted by atomic mass is 9.86. The van der Waals surface area contributed by atoms with Crippen molar-refractivity contribution in [3.8, 4) is 0 Å². The summed E-state index contributed by atoms with van der Waals surface area (Å²) in [6, 6.07) is 0.786. The molecule has 0 amide bonds. The largest absolute Gasteiger partial charge is 0.312 e. The molecule has 0 aromatic rings. The van der Waals surface area contributed by atoms with E-state index in [1.807, 2.05) is 0 Å². The highest BCUT2D eigenvalue weighted by atomic mass is 15.1. The normalized spacial score (nSPS) is 27.2. The smallest absolute Gasteiger partial charge is 0.0107 e. The Morgan fingerprint density at radius 2 is 1.80 bits per heavy atom. The van der Waals surface area contributed by atoms with Crippen molar-refractivity contribution in [1.29, 1.82) is 0 Å². The molecule has 1 rings (SSSR count). The van der Waals surface area contributed by atoms with E-state index >= 15 is 0 Å². The first-order valence-corrected chi connectivity index (χ1v) is 6.73. The van der Waals surface area contributed by atoms with Gasteiger partial charge < -0.3 is 10.2 Å². The highest BCUT2D eigenvalue weighted by Crippen LogP contribution is 2.23. The van der Waals surface area contributed by atoms with Crippen molar-refractivity contribution in [2.24, 2.45) is 5.92 Å². The first-order valence-electron chi connectivity index (χ1n) is 6.73. The maximum atomic E-state index is 3.73. The van der Waals surface area contributed by atoms with E-state index in [4.69, 9.17) is 0 Å². The van der Waals surface area contributed by atoms with Gasteiger partial charge in [0, 0.05) is 19.1 Å². The van der Waals surface area contributed by atoms with E-state index in [1.54, 1.807) is 0 Å². The van der Waals surface area contributed by atoms with Gasteiger partial charge in [-0.25, -0.2) is 0 Å². The van der Waals surface area contributed by atoms with Crippen LogP contribution in [-0.2, 0) is 0 Å². The van der Waals surface area contributed by atoms with Gasteiger partial charge in [0.1, 0.15) is 0 Å². The molecule has 1 aliphatic carbocycles. The van der Waals surface area contributed by atoms with E-state index < -0.39 is 0 Å². The van der Waals surface area contributed by atoms with Crippen LogP contribution in [0.2, 0.25) is 0 Å². The van der Waals surface area contributed by atoms with Crippen LogP contribution < -0.4 is 5.32 Å². The van der Waals surface area contributed by atoms with Gasteiger partial charge in [-0.1, -0.05) is 33.6 Å². The average molecular weight is 212 g/mol. The second kappa shape index (κ2) is 7.24. The van der Waals surface area contributed by atoms with Gasteiger partial charge in [0.25, 0.3) is 0 Å². The molecule has 0 aromatic heterocycles. The Kier molecular flexibility index (Phi) is 6.26. The van der Waals surface area contributed by atoms with Gasteiger partial charge in [-0.3, -0.25) is 0 Å². The van der Waals surface area contributed by atoms with Crippen LogP contribution in [0.15, 0.2) is 0 Å². The molecule has 0 unspecified atom stereocenters. The quantitative estimate of drug-likeness (QED) is 0.728. The van der Waals surface area contributed by atoms with Crippen LogP contribution in [-0.4, -0.2) is 37.1 Å². The predicted octanol–water partition coefficient (Wildman–Crippen LogP) is 2.50. The zero-order chi connectivity index (χ0) is 11.1. The minimum Gasteiger partial charge on any atom is -0.312 e. The SMILES string of the molecule is CCN(CC)CCN[C@@H]1CCCC[C@H]1C. The molecule has 2 heteroatoms. The third-order valence-corrected chi connectivity index (χ3v) is 3.84. The number of nitrogens with one attached hydrogen (secondary N) is 1. The van der Waals surface area contributed by atoms with Crippen LogP contribution in [0.3, 0.4) is 0 Å². The summed E-state index contributed by atoms with van der Waals surface area (Å²) in [7, 11) is 0. The van der Waals surface area contributed by atoms with Crippen LogP contribution in [0.1, 0.15) is 46.5 Å². The van der Waals surface area contributed by atoms with E-state index in [-0.39, 0.29) is 0 Å². The molecule has 1 fully saturated rings. The van der Waals surface area contributed by atoms with Crippen molar-refractivity contribution in [2.45, 2.75) is 52.5 Å². The summed E-state index contributed by atoms with van der Waals surface area (Å²) in [6.45, 7) is 11.6. The van der Waals surface area contributed by atoms with Crippen LogP contribution in [0.25, 0.3) is 0 Å². The molecule has 2 atom stereocenters. The van der Waals surface area contributed by atoms with E-state index in [9.17, 15) is 0 Å². The average Bonchev–Trinajstić information content (AvgIpc) is 2.27. The Bertz CT molecular complexity index is 155. The van der Waals surface area contributed by atoms with Crippen molar-refractivity contribution >= 4 is 0 Å². The van der Waals surface area contributed by atoms with Gasteiger partial charge in [0.05, 0.1) is 0 Å². The maximum Gasteiger partial charge on any atom is 0.0107 e. The lowest BCUT2D eigenvalue weighted by Gasteiger charge is -2.30. The molecule has 90 valence electrons. The summed E-state index contributed by atoms with van der Waals surface area (Å²) in [4.78, 5) is 2.49. The van der Waals surface area contributed by atoms with Crippen LogP contribution in [0.5, 0.6) is 0 Å². The standard InChI is InChI=1S/C13H28N2/c1-4-15(5-2)11-10-14-13-9-7-6-8-12(13)3/h12-14H,4-11H2,1-3H3/t12-,13-/m1/s1. The van der Waals surface area contributed by atoms with Crippen molar-refractivity contribution in [3.05, 3.63) is 0 Å². The Balaban J connectivity index is 2.12. The molecule has 0 saturated heterocycles. The van der Waals surface area contributed by atoms with Crippen LogP contribution in [0, 0.1) is 5.92 Å². The molecule has 1 aliphatic rings. The molecule has 0 aliphatic heterocycles. The summed E-state index contributed by atoms with van der Waals surface area (Å²) < 4.78 is 0. The fourth-order valence-electron chi connectivity index (χ4n) is 2.57. The first-order chi connectivity index (χ1) is 7.27. The molecule has 0 heterocycles. The molecular formula is C13H28N2. The highest BCUT2D eigenvalue weighted by molar-refractivity contribution is 4.78. The fourth-order valence-corrected chi connectivity index (χ4v) is 2.57. The highest BCUT2D eigenvalue weighted by Gasteiger charge is 2.20. The molecule has 0 spiro atoms. The van der Waals surface area contributed by atoms with Gasteiger partial charge in [-0.05, 0) is 31.8 Å². The molecule has 1 saturated carbocycles. The summed E-state index contributed by atoms with van der Waals surface area (Å²) in [5.41, 5.74) is 0. The van der Waals surface area contributed by atoms with Crippen molar-refractivity contribution in [2.75, 3.05) is 26.2 Å².